The van der Waals surface area contributed by atoms with Crippen LogP contribution in [0.15, 0.2) is 18.5 Å². The van der Waals surface area contributed by atoms with Gasteiger partial charge in [0.2, 0.25) is 0 Å². The standard InChI is InChI=1S/C17H25N5O2/c1-17(2,3)24-16(23)21(4)12-6-5-9-22(10-12)14-8-7-13-15(20-14)19-11-18-13/h7-8,11-12H,5-6,9-10H2,1-4H3,(H,18,19,20)/t12-/m1/s1. The molecule has 3 rings (SSSR count). The highest BCUT2D eigenvalue weighted by Gasteiger charge is 2.29. The number of rotatable bonds is 2. The number of hydrogen-bond acceptors (Lipinski definition) is 5. The third kappa shape index (κ3) is 3.60. The smallest absolute Gasteiger partial charge is 0.410 e. The summed E-state index contributed by atoms with van der Waals surface area (Å²) in [6.45, 7) is 7.33. The normalized spacial score (nSPS) is 18.7. The van der Waals surface area contributed by atoms with E-state index in [1.165, 1.54) is 0 Å². The summed E-state index contributed by atoms with van der Waals surface area (Å²) in [6, 6.07) is 4.10. The molecule has 1 amide bonds. The van der Waals surface area contributed by atoms with Gasteiger partial charge in [0, 0.05) is 20.1 Å². The number of piperidine rings is 1. The molecule has 1 atom stereocenters. The Labute approximate surface area is 142 Å². The van der Waals surface area contributed by atoms with Gasteiger partial charge in [-0.15, -0.1) is 0 Å². The summed E-state index contributed by atoms with van der Waals surface area (Å²) in [5, 5.41) is 0. The van der Waals surface area contributed by atoms with Crippen molar-refractivity contribution in [3.63, 3.8) is 0 Å². The number of pyridine rings is 1. The van der Waals surface area contributed by atoms with E-state index in [2.05, 4.69) is 19.9 Å². The van der Waals surface area contributed by atoms with E-state index in [-0.39, 0.29) is 12.1 Å². The number of hydrogen-bond donors (Lipinski definition) is 1. The van der Waals surface area contributed by atoms with E-state index in [1.54, 1.807) is 11.2 Å². The summed E-state index contributed by atoms with van der Waals surface area (Å²) in [7, 11) is 1.81. The van der Waals surface area contributed by atoms with Gasteiger partial charge < -0.3 is 19.5 Å². The minimum Gasteiger partial charge on any atom is -0.444 e. The molecule has 1 aliphatic heterocycles. The summed E-state index contributed by atoms with van der Waals surface area (Å²) >= 11 is 0. The number of nitrogens with zero attached hydrogens (tertiary/aromatic N) is 4. The fourth-order valence-corrected chi connectivity index (χ4v) is 2.95. The van der Waals surface area contributed by atoms with Crippen LogP contribution < -0.4 is 4.90 Å². The lowest BCUT2D eigenvalue weighted by atomic mass is 10.0. The van der Waals surface area contributed by atoms with Gasteiger partial charge in [0.1, 0.15) is 11.4 Å². The van der Waals surface area contributed by atoms with Crippen molar-refractivity contribution in [2.75, 3.05) is 25.0 Å². The summed E-state index contributed by atoms with van der Waals surface area (Å²) < 4.78 is 5.48. The molecule has 0 spiro atoms. The minimum absolute atomic E-state index is 0.116. The number of likely N-dealkylation sites (N-methyl/N-ethyl adjacent to an activating group) is 1. The van der Waals surface area contributed by atoms with Gasteiger partial charge in [0.25, 0.3) is 0 Å². The molecule has 0 aliphatic carbocycles. The molecule has 0 bridgehead atoms. The first-order valence-corrected chi connectivity index (χ1v) is 8.34. The Balaban J connectivity index is 1.70. The van der Waals surface area contributed by atoms with Crippen LogP contribution in [0.3, 0.4) is 0 Å². The van der Waals surface area contributed by atoms with E-state index in [0.717, 1.165) is 42.9 Å². The second-order valence-corrected chi connectivity index (χ2v) is 7.28. The average molecular weight is 331 g/mol. The van der Waals surface area contributed by atoms with Crippen LogP contribution in [0, 0.1) is 0 Å². The molecule has 2 aromatic heterocycles. The second-order valence-electron chi connectivity index (χ2n) is 7.28. The van der Waals surface area contributed by atoms with E-state index in [4.69, 9.17) is 4.74 Å². The number of H-pyrrole nitrogens is 1. The molecule has 0 unspecified atom stereocenters. The van der Waals surface area contributed by atoms with Gasteiger partial charge in [-0.05, 0) is 45.7 Å². The highest BCUT2D eigenvalue weighted by molar-refractivity contribution is 5.72. The molecule has 7 nitrogen and oxygen atoms in total. The molecule has 2 aromatic rings. The number of carbonyl (C=O) groups excluding carboxylic acids is 1. The third-order valence-electron chi connectivity index (χ3n) is 4.22. The van der Waals surface area contributed by atoms with Gasteiger partial charge in [-0.2, -0.15) is 0 Å². The zero-order valence-electron chi connectivity index (χ0n) is 14.7. The molecule has 1 saturated heterocycles. The number of amides is 1. The van der Waals surface area contributed by atoms with Crippen LogP contribution in [-0.2, 0) is 4.74 Å². The molecule has 1 fully saturated rings. The number of aromatic nitrogens is 3. The summed E-state index contributed by atoms with van der Waals surface area (Å²) in [5.41, 5.74) is 1.17. The predicted molar refractivity (Wildman–Crippen MR) is 93.1 cm³/mol. The first-order valence-electron chi connectivity index (χ1n) is 8.34. The van der Waals surface area contributed by atoms with Crippen LogP contribution in [0.25, 0.3) is 11.2 Å². The Kier molecular flexibility index (Phi) is 4.34. The molecule has 1 N–H and O–H groups in total. The Morgan fingerprint density at radius 1 is 1.42 bits per heavy atom. The zero-order valence-corrected chi connectivity index (χ0v) is 14.7. The second kappa shape index (κ2) is 6.30. The third-order valence-corrected chi connectivity index (χ3v) is 4.22. The zero-order chi connectivity index (χ0) is 17.3. The Bertz CT molecular complexity index is 721. The van der Waals surface area contributed by atoms with Crippen molar-refractivity contribution in [2.24, 2.45) is 0 Å². The van der Waals surface area contributed by atoms with E-state index in [0.29, 0.717) is 0 Å². The first kappa shape index (κ1) is 16.5. The van der Waals surface area contributed by atoms with Crippen molar-refractivity contribution in [1.82, 2.24) is 19.9 Å². The molecule has 3 heterocycles. The molecular weight excluding hydrogens is 306 g/mol. The number of imidazole rings is 1. The number of fused-ring (bicyclic) bond motifs is 1. The molecule has 24 heavy (non-hydrogen) atoms. The average Bonchev–Trinajstić information content (AvgIpc) is 3.00. The van der Waals surface area contributed by atoms with Crippen molar-refractivity contribution in [3.05, 3.63) is 18.5 Å². The summed E-state index contributed by atoms with van der Waals surface area (Å²) in [5.74, 6) is 0.900. The van der Waals surface area contributed by atoms with Crippen LogP contribution >= 0.6 is 0 Å². The van der Waals surface area contributed by atoms with Gasteiger partial charge >= 0.3 is 6.09 Å². The Hall–Kier alpha value is -2.31. The SMILES string of the molecule is CN(C(=O)OC(C)(C)C)[C@@H]1CCCN(c2ccc3[nH]cnc3n2)C1. The fourth-order valence-electron chi connectivity index (χ4n) is 2.95. The quantitative estimate of drug-likeness (QED) is 0.916. The van der Waals surface area contributed by atoms with Crippen LogP contribution in [0.1, 0.15) is 33.6 Å². The monoisotopic (exact) mass is 331 g/mol. The minimum atomic E-state index is -0.480. The number of anilines is 1. The van der Waals surface area contributed by atoms with Crippen LogP contribution in [0.2, 0.25) is 0 Å². The lowest BCUT2D eigenvalue weighted by Crippen LogP contribution is -2.50. The molecule has 0 aromatic carbocycles. The van der Waals surface area contributed by atoms with Crippen molar-refractivity contribution in [3.8, 4) is 0 Å². The van der Waals surface area contributed by atoms with E-state index < -0.39 is 5.60 Å². The van der Waals surface area contributed by atoms with Crippen LogP contribution in [0.5, 0.6) is 0 Å². The lowest BCUT2D eigenvalue weighted by Gasteiger charge is -2.38. The maximum Gasteiger partial charge on any atom is 0.410 e. The number of ether oxygens (including phenoxy) is 1. The Morgan fingerprint density at radius 2 is 2.21 bits per heavy atom. The summed E-state index contributed by atoms with van der Waals surface area (Å²) in [4.78, 5) is 28.1. The molecule has 7 heteroatoms. The Morgan fingerprint density at radius 3 is 2.96 bits per heavy atom. The van der Waals surface area contributed by atoms with E-state index in [9.17, 15) is 4.79 Å². The van der Waals surface area contributed by atoms with Gasteiger partial charge in [-0.25, -0.2) is 14.8 Å². The number of nitrogens with one attached hydrogen (secondary N) is 1. The largest absolute Gasteiger partial charge is 0.444 e. The maximum absolute atomic E-state index is 12.3. The predicted octanol–water partition coefficient (Wildman–Crippen LogP) is 2.79. The van der Waals surface area contributed by atoms with Gasteiger partial charge in [0.15, 0.2) is 5.65 Å². The van der Waals surface area contributed by atoms with Crippen molar-refractivity contribution in [2.45, 2.75) is 45.3 Å². The lowest BCUT2D eigenvalue weighted by molar-refractivity contribution is 0.0209. The van der Waals surface area contributed by atoms with Crippen LogP contribution in [0.4, 0.5) is 10.6 Å². The topological polar surface area (TPSA) is 74.3 Å². The van der Waals surface area contributed by atoms with Crippen molar-refractivity contribution in [1.29, 1.82) is 0 Å². The fraction of sp³-hybridized carbons (Fsp3) is 0.588. The maximum atomic E-state index is 12.3. The molecule has 1 aliphatic rings. The van der Waals surface area contributed by atoms with Crippen molar-refractivity contribution >= 4 is 23.1 Å². The highest BCUT2D eigenvalue weighted by atomic mass is 16.6. The number of aromatic amines is 1. The van der Waals surface area contributed by atoms with Gasteiger partial charge in [-0.1, -0.05) is 0 Å². The highest BCUT2D eigenvalue weighted by Crippen LogP contribution is 2.23. The number of carbonyl (C=O) groups is 1. The van der Waals surface area contributed by atoms with Gasteiger partial charge in [-0.3, -0.25) is 0 Å². The van der Waals surface area contributed by atoms with E-state index >= 15 is 0 Å². The first-order chi connectivity index (χ1) is 11.3. The molecule has 130 valence electrons. The molecular formula is C17H25N5O2. The van der Waals surface area contributed by atoms with Crippen LogP contribution in [-0.4, -0.2) is 57.7 Å². The van der Waals surface area contributed by atoms with Crippen molar-refractivity contribution < 1.29 is 9.53 Å². The molecule has 0 radical (unpaired) electrons. The molecule has 0 saturated carbocycles. The van der Waals surface area contributed by atoms with E-state index in [1.807, 2.05) is 40.0 Å². The van der Waals surface area contributed by atoms with Gasteiger partial charge in [0.05, 0.1) is 17.9 Å². The summed E-state index contributed by atoms with van der Waals surface area (Å²) in [6.07, 6.45) is 3.36.